The molecule has 0 saturated heterocycles. The van der Waals surface area contributed by atoms with Crippen molar-refractivity contribution in [1.82, 2.24) is 0 Å². The highest BCUT2D eigenvalue weighted by molar-refractivity contribution is 5.91. The summed E-state index contributed by atoms with van der Waals surface area (Å²) in [6.07, 6.45) is 2.06. The molecule has 0 spiro atoms. The van der Waals surface area contributed by atoms with Gasteiger partial charge in [-0.05, 0) is 36.5 Å². The Kier molecular flexibility index (Phi) is 3.65. The summed E-state index contributed by atoms with van der Waals surface area (Å²) in [5.74, 6) is -0.595. The number of hydrogen-bond acceptors (Lipinski definition) is 4. The second kappa shape index (κ2) is 5.21. The Labute approximate surface area is 106 Å². The van der Waals surface area contributed by atoms with Crippen LogP contribution in [0.2, 0.25) is 0 Å². The number of fused-ring (bicyclic) bond motifs is 1. The van der Waals surface area contributed by atoms with Crippen LogP contribution in [0.4, 0.5) is 0 Å². The smallest absolute Gasteiger partial charge is 0.338 e. The Bertz CT molecular complexity index is 479. The van der Waals surface area contributed by atoms with E-state index >= 15 is 0 Å². The first kappa shape index (κ1) is 12.6. The van der Waals surface area contributed by atoms with Gasteiger partial charge < -0.3 is 9.47 Å². The number of carbonyl (C=O) groups excluding carboxylic acids is 2. The minimum atomic E-state index is -0.316. The van der Waals surface area contributed by atoms with Crippen molar-refractivity contribution in [3.63, 3.8) is 0 Å². The largest absolute Gasteiger partial charge is 0.469 e. The van der Waals surface area contributed by atoms with Gasteiger partial charge in [-0.1, -0.05) is 12.1 Å². The van der Waals surface area contributed by atoms with Crippen molar-refractivity contribution < 1.29 is 19.1 Å². The summed E-state index contributed by atoms with van der Waals surface area (Å²) in [5, 5.41) is 0. The lowest BCUT2D eigenvalue weighted by Crippen LogP contribution is -2.25. The summed E-state index contributed by atoms with van der Waals surface area (Å²) in [7, 11) is 2.78. The molecule has 1 aliphatic carbocycles. The van der Waals surface area contributed by atoms with Gasteiger partial charge >= 0.3 is 11.9 Å². The highest BCUT2D eigenvalue weighted by Gasteiger charge is 2.27. The number of methoxy groups -OCH3 is 2. The van der Waals surface area contributed by atoms with E-state index in [9.17, 15) is 9.59 Å². The summed E-state index contributed by atoms with van der Waals surface area (Å²) in [4.78, 5) is 23.2. The van der Waals surface area contributed by atoms with Crippen LogP contribution in [-0.4, -0.2) is 26.2 Å². The number of carbonyl (C=O) groups is 2. The van der Waals surface area contributed by atoms with Crippen LogP contribution in [0.5, 0.6) is 0 Å². The predicted octanol–water partition coefficient (Wildman–Crippen LogP) is 1.75. The first-order valence-electron chi connectivity index (χ1n) is 5.94. The second-order valence-corrected chi connectivity index (χ2v) is 4.40. The van der Waals surface area contributed by atoms with Gasteiger partial charge in [-0.15, -0.1) is 0 Å². The van der Waals surface area contributed by atoms with Crippen molar-refractivity contribution in [3.8, 4) is 0 Å². The van der Waals surface area contributed by atoms with Gasteiger partial charge in [0, 0.05) is 0 Å². The van der Waals surface area contributed by atoms with E-state index in [1.54, 1.807) is 6.07 Å². The number of benzene rings is 1. The molecule has 1 unspecified atom stereocenters. The van der Waals surface area contributed by atoms with E-state index < -0.39 is 0 Å². The van der Waals surface area contributed by atoms with Crippen molar-refractivity contribution in [1.29, 1.82) is 0 Å². The van der Waals surface area contributed by atoms with Crippen LogP contribution in [0.15, 0.2) is 18.2 Å². The van der Waals surface area contributed by atoms with Crippen LogP contribution in [0, 0.1) is 5.92 Å². The molecule has 4 heteroatoms. The molecule has 0 heterocycles. The fourth-order valence-electron chi connectivity index (χ4n) is 2.48. The van der Waals surface area contributed by atoms with Gasteiger partial charge in [0.2, 0.25) is 0 Å². The van der Waals surface area contributed by atoms with Crippen LogP contribution < -0.4 is 0 Å². The van der Waals surface area contributed by atoms with E-state index in [1.165, 1.54) is 14.2 Å². The van der Waals surface area contributed by atoms with Gasteiger partial charge in [-0.25, -0.2) is 4.79 Å². The third-order valence-electron chi connectivity index (χ3n) is 3.42. The molecule has 0 bridgehead atoms. The van der Waals surface area contributed by atoms with Crippen LogP contribution in [0.25, 0.3) is 0 Å². The molecule has 0 saturated carbocycles. The molecule has 0 fully saturated rings. The van der Waals surface area contributed by atoms with Crippen molar-refractivity contribution in [2.24, 2.45) is 5.92 Å². The third-order valence-corrected chi connectivity index (χ3v) is 3.42. The molecule has 96 valence electrons. The lowest BCUT2D eigenvalue weighted by Gasteiger charge is -2.24. The average Bonchev–Trinajstić information content (AvgIpc) is 2.44. The molecular formula is C14H16O4. The zero-order chi connectivity index (χ0) is 13.1. The topological polar surface area (TPSA) is 52.6 Å². The molecule has 1 atom stereocenters. The normalized spacial score (nSPS) is 17.8. The molecule has 1 aromatic carbocycles. The third kappa shape index (κ3) is 2.23. The maximum absolute atomic E-state index is 11.6. The van der Waals surface area contributed by atoms with Gasteiger partial charge in [0.15, 0.2) is 0 Å². The highest BCUT2D eigenvalue weighted by Crippen LogP contribution is 2.29. The van der Waals surface area contributed by atoms with E-state index in [0.717, 1.165) is 11.1 Å². The van der Waals surface area contributed by atoms with Gasteiger partial charge in [0.25, 0.3) is 0 Å². The van der Waals surface area contributed by atoms with Crippen LogP contribution in [0.3, 0.4) is 0 Å². The predicted molar refractivity (Wildman–Crippen MR) is 65.3 cm³/mol. The lowest BCUT2D eigenvalue weighted by atomic mass is 9.82. The van der Waals surface area contributed by atoms with Crippen molar-refractivity contribution in [2.75, 3.05) is 14.2 Å². The Morgan fingerprint density at radius 2 is 2.00 bits per heavy atom. The van der Waals surface area contributed by atoms with Gasteiger partial charge in [-0.3, -0.25) is 4.79 Å². The van der Waals surface area contributed by atoms with E-state index in [0.29, 0.717) is 24.8 Å². The van der Waals surface area contributed by atoms with Gasteiger partial charge in [0.05, 0.1) is 25.7 Å². The minimum Gasteiger partial charge on any atom is -0.469 e. The zero-order valence-corrected chi connectivity index (χ0v) is 10.6. The van der Waals surface area contributed by atoms with E-state index in [2.05, 4.69) is 0 Å². The molecule has 18 heavy (non-hydrogen) atoms. The number of hydrogen-bond donors (Lipinski definition) is 0. The average molecular weight is 248 g/mol. The van der Waals surface area contributed by atoms with Crippen molar-refractivity contribution in [2.45, 2.75) is 19.3 Å². The van der Waals surface area contributed by atoms with Crippen LogP contribution in [0.1, 0.15) is 27.9 Å². The van der Waals surface area contributed by atoms with Crippen molar-refractivity contribution in [3.05, 3.63) is 34.9 Å². The lowest BCUT2D eigenvalue weighted by molar-refractivity contribution is -0.145. The fraction of sp³-hybridized carbons (Fsp3) is 0.429. The monoisotopic (exact) mass is 248 g/mol. The standard InChI is InChI=1S/C14H16O4/c1-17-13(15)10-6-7-11-9(8-10)4-3-5-12(11)14(16)18-2/h3-5,10H,6-8H2,1-2H3. The second-order valence-electron chi connectivity index (χ2n) is 4.40. The van der Waals surface area contributed by atoms with Crippen molar-refractivity contribution >= 4 is 11.9 Å². The summed E-state index contributed by atoms with van der Waals surface area (Å²) in [5.41, 5.74) is 2.65. The molecule has 0 aromatic heterocycles. The van der Waals surface area contributed by atoms with Gasteiger partial charge in [0.1, 0.15) is 0 Å². The molecule has 2 rings (SSSR count). The Morgan fingerprint density at radius 3 is 2.67 bits per heavy atom. The van der Waals surface area contributed by atoms with Crippen LogP contribution in [-0.2, 0) is 27.1 Å². The molecule has 4 nitrogen and oxygen atoms in total. The maximum Gasteiger partial charge on any atom is 0.338 e. The highest BCUT2D eigenvalue weighted by atomic mass is 16.5. The number of ether oxygens (including phenoxy) is 2. The van der Waals surface area contributed by atoms with E-state index in [4.69, 9.17) is 9.47 Å². The van der Waals surface area contributed by atoms with Crippen LogP contribution >= 0.6 is 0 Å². The Morgan fingerprint density at radius 1 is 1.22 bits per heavy atom. The minimum absolute atomic E-state index is 0.101. The first-order chi connectivity index (χ1) is 8.67. The summed E-state index contributed by atoms with van der Waals surface area (Å²) < 4.78 is 9.54. The quantitative estimate of drug-likeness (QED) is 0.748. The summed E-state index contributed by atoms with van der Waals surface area (Å²) in [6, 6.07) is 5.55. The summed E-state index contributed by atoms with van der Waals surface area (Å²) >= 11 is 0. The Hall–Kier alpha value is -1.84. The molecule has 1 aromatic rings. The molecule has 0 N–H and O–H groups in total. The number of rotatable bonds is 2. The molecule has 0 amide bonds. The first-order valence-corrected chi connectivity index (χ1v) is 5.94. The molecule has 0 radical (unpaired) electrons. The van der Waals surface area contributed by atoms with Gasteiger partial charge in [-0.2, -0.15) is 0 Å². The fourth-order valence-corrected chi connectivity index (χ4v) is 2.48. The molecule has 1 aliphatic rings. The summed E-state index contributed by atoms with van der Waals surface area (Å²) in [6.45, 7) is 0. The molecule has 0 aliphatic heterocycles. The molecular weight excluding hydrogens is 232 g/mol. The van der Waals surface area contributed by atoms with E-state index in [-0.39, 0.29) is 17.9 Å². The number of esters is 2. The SMILES string of the molecule is COC(=O)c1cccc2c1CCC(C(=O)OC)C2. The Balaban J connectivity index is 2.30. The zero-order valence-electron chi connectivity index (χ0n) is 10.6. The van der Waals surface area contributed by atoms with E-state index in [1.807, 2.05) is 12.1 Å². The maximum atomic E-state index is 11.6.